The molecule has 4 rings (SSSR count). The summed E-state index contributed by atoms with van der Waals surface area (Å²) >= 11 is 0. The number of carbonyl (C=O) groups excluding carboxylic acids is 1. The number of rotatable bonds is 10. The van der Waals surface area contributed by atoms with Gasteiger partial charge >= 0.3 is 5.97 Å². The van der Waals surface area contributed by atoms with Crippen LogP contribution in [-0.2, 0) is 48.3 Å². The summed E-state index contributed by atoms with van der Waals surface area (Å²) in [5.41, 5.74) is 2.79. The largest absolute Gasteiger partial charge is 0.467 e. The van der Waals surface area contributed by atoms with Crippen molar-refractivity contribution in [1.82, 2.24) is 0 Å². The maximum Gasteiger partial charge on any atom is 0.337 e. The standard InChI is InChI=1S/C28H30O7/c1-31-27(29)26-24(33-18-21-13-7-3-8-14-21)23(32-17-20-11-5-2-6-12-20)25(28(30)35-26)34-19-22-15-9-4-10-16-22/h2-16,23-26,28,30H,17-19H2,1H3/t23-,24-,25-,26-,28-/m0/s1. The highest BCUT2D eigenvalue weighted by Crippen LogP contribution is 2.30. The molecule has 0 aliphatic carbocycles. The lowest BCUT2D eigenvalue weighted by Gasteiger charge is -2.43. The topological polar surface area (TPSA) is 83.5 Å². The Labute approximate surface area is 205 Å². The van der Waals surface area contributed by atoms with Gasteiger partial charge in [0.2, 0.25) is 0 Å². The molecule has 35 heavy (non-hydrogen) atoms. The van der Waals surface area contributed by atoms with Crippen molar-refractivity contribution in [2.24, 2.45) is 0 Å². The van der Waals surface area contributed by atoms with Crippen LogP contribution in [0.3, 0.4) is 0 Å². The van der Waals surface area contributed by atoms with Crippen LogP contribution in [0.1, 0.15) is 16.7 Å². The normalized spacial score (nSPS) is 24.1. The molecule has 1 aliphatic heterocycles. The van der Waals surface area contributed by atoms with E-state index in [0.717, 1.165) is 16.7 Å². The first-order chi connectivity index (χ1) is 17.2. The average Bonchev–Trinajstić information content (AvgIpc) is 2.91. The van der Waals surface area contributed by atoms with E-state index in [2.05, 4.69) is 0 Å². The van der Waals surface area contributed by atoms with E-state index >= 15 is 0 Å². The first kappa shape index (κ1) is 25.0. The van der Waals surface area contributed by atoms with Gasteiger partial charge in [0.1, 0.15) is 18.3 Å². The Hall–Kier alpha value is -3.07. The van der Waals surface area contributed by atoms with Crippen molar-refractivity contribution >= 4 is 5.97 Å². The smallest absolute Gasteiger partial charge is 0.337 e. The number of aliphatic hydroxyl groups is 1. The zero-order valence-corrected chi connectivity index (χ0v) is 19.6. The van der Waals surface area contributed by atoms with E-state index in [1.54, 1.807) is 0 Å². The van der Waals surface area contributed by atoms with E-state index in [1.165, 1.54) is 7.11 Å². The second-order valence-corrected chi connectivity index (χ2v) is 8.25. The number of ether oxygens (including phenoxy) is 5. The van der Waals surface area contributed by atoms with E-state index in [1.807, 2.05) is 91.0 Å². The Balaban J connectivity index is 1.59. The first-order valence-electron chi connectivity index (χ1n) is 11.5. The third-order valence-electron chi connectivity index (χ3n) is 5.80. The minimum atomic E-state index is -1.42. The summed E-state index contributed by atoms with van der Waals surface area (Å²) in [4.78, 5) is 12.6. The fourth-order valence-electron chi connectivity index (χ4n) is 3.98. The molecule has 1 heterocycles. The van der Waals surface area contributed by atoms with Gasteiger partial charge in [-0.1, -0.05) is 91.0 Å². The summed E-state index contributed by atoms with van der Waals surface area (Å²) in [6, 6.07) is 28.8. The van der Waals surface area contributed by atoms with E-state index < -0.39 is 36.7 Å². The number of aliphatic hydroxyl groups excluding tert-OH is 1. The molecular weight excluding hydrogens is 448 g/mol. The van der Waals surface area contributed by atoms with Gasteiger partial charge in [0.25, 0.3) is 0 Å². The van der Waals surface area contributed by atoms with Crippen LogP contribution in [0.25, 0.3) is 0 Å². The Morgan fingerprint density at radius 2 is 1.09 bits per heavy atom. The molecule has 1 N–H and O–H groups in total. The summed E-state index contributed by atoms with van der Waals surface area (Å²) in [6.07, 6.45) is -5.19. The quantitative estimate of drug-likeness (QED) is 0.446. The molecule has 0 spiro atoms. The van der Waals surface area contributed by atoms with Gasteiger partial charge in [0.15, 0.2) is 12.4 Å². The molecule has 1 aliphatic rings. The van der Waals surface area contributed by atoms with Crippen molar-refractivity contribution in [2.45, 2.75) is 50.5 Å². The summed E-state index contributed by atoms with van der Waals surface area (Å²) in [6.45, 7) is 0.684. The Bertz CT molecular complexity index is 1030. The highest BCUT2D eigenvalue weighted by Gasteiger charge is 2.51. The van der Waals surface area contributed by atoms with Crippen molar-refractivity contribution in [3.05, 3.63) is 108 Å². The van der Waals surface area contributed by atoms with Gasteiger partial charge in [-0.3, -0.25) is 0 Å². The highest BCUT2D eigenvalue weighted by atomic mass is 16.7. The number of hydrogen-bond acceptors (Lipinski definition) is 7. The number of carbonyl (C=O) groups is 1. The van der Waals surface area contributed by atoms with Crippen LogP contribution in [0.5, 0.6) is 0 Å². The molecule has 0 amide bonds. The third-order valence-corrected chi connectivity index (χ3v) is 5.80. The highest BCUT2D eigenvalue weighted by molar-refractivity contribution is 5.75. The molecule has 1 fully saturated rings. The molecular formula is C28H30O7. The molecule has 3 aromatic carbocycles. The zero-order chi connectivity index (χ0) is 24.5. The lowest BCUT2D eigenvalue weighted by molar-refractivity contribution is -0.308. The SMILES string of the molecule is COC(=O)[C@H]1O[C@H](O)[C@@H](OCc2ccccc2)[C@@H](OCc2ccccc2)[C@@H]1OCc1ccccc1. The third kappa shape index (κ3) is 6.75. The Morgan fingerprint density at radius 3 is 1.51 bits per heavy atom. The second-order valence-electron chi connectivity index (χ2n) is 8.25. The maximum absolute atomic E-state index is 12.6. The fourth-order valence-corrected chi connectivity index (χ4v) is 3.98. The predicted molar refractivity (Wildman–Crippen MR) is 128 cm³/mol. The summed E-state index contributed by atoms with van der Waals surface area (Å²) in [5, 5.41) is 10.8. The van der Waals surface area contributed by atoms with Crippen molar-refractivity contribution in [3.8, 4) is 0 Å². The van der Waals surface area contributed by atoms with Crippen molar-refractivity contribution in [1.29, 1.82) is 0 Å². The predicted octanol–water partition coefficient (Wildman–Crippen LogP) is 3.63. The van der Waals surface area contributed by atoms with Gasteiger partial charge in [-0.2, -0.15) is 0 Å². The maximum atomic E-state index is 12.6. The number of esters is 1. The molecule has 7 nitrogen and oxygen atoms in total. The molecule has 0 unspecified atom stereocenters. The van der Waals surface area contributed by atoms with Crippen LogP contribution >= 0.6 is 0 Å². The van der Waals surface area contributed by atoms with Gasteiger partial charge in [-0.05, 0) is 16.7 Å². The monoisotopic (exact) mass is 478 g/mol. The van der Waals surface area contributed by atoms with E-state index in [9.17, 15) is 9.90 Å². The molecule has 0 aromatic heterocycles. The van der Waals surface area contributed by atoms with E-state index in [-0.39, 0.29) is 19.8 Å². The molecule has 0 bridgehead atoms. The van der Waals surface area contributed by atoms with Crippen molar-refractivity contribution in [3.63, 3.8) is 0 Å². The Kier molecular flexibility index (Phi) is 9.00. The average molecular weight is 479 g/mol. The Morgan fingerprint density at radius 1 is 0.686 bits per heavy atom. The zero-order valence-electron chi connectivity index (χ0n) is 19.6. The van der Waals surface area contributed by atoms with Crippen LogP contribution < -0.4 is 0 Å². The lowest BCUT2D eigenvalue weighted by Crippen LogP contribution is -2.62. The number of hydrogen-bond donors (Lipinski definition) is 1. The molecule has 7 heteroatoms. The molecule has 1 saturated heterocycles. The summed E-state index contributed by atoms with van der Waals surface area (Å²) in [5.74, 6) is -0.656. The van der Waals surface area contributed by atoms with Crippen molar-refractivity contribution < 1.29 is 33.6 Å². The molecule has 5 atom stereocenters. The van der Waals surface area contributed by atoms with Crippen LogP contribution in [0.2, 0.25) is 0 Å². The molecule has 0 radical (unpaired) electrons. The van der Waals surface area contributed by atoms with Crippen LogP contribution in [0, 0.1) is 0 Å². The van der Waals surface area contributed by atoms with Crippen molar-refractivity contribution in [2.75, 3.05) is 7.11 Å². The van der Waals surface area contributed by atoms with Gasteiger partial charge in [0, 0.05) is 0 Å². The van der Waals surface area contributed by atoms with E-state index in [4.69, 9.17) is 23.7 Å². The fraction of sp³-hybridized carbons (Fsp3) is 0.321. The molecule has 184 valence electrons. The second kappa shape index (κ2) is 12.6. The minimum absolute atomic E-state index is 0.217. The van der Waals surface area contributed by atoms with Gasteiger partial charge < -0.3 is 28.8 Å². The molecule has 0 saturated carbocycles. The lowest BCUT2D eigenvalue weighted by atomic mass is 9.97. The molecule has 3 aromatic rings. The minimum Gasteiger partial charge on any atom is -0.467 e. The summed E-state index contributed by atoms with van der Waals surface area (Å²) in [7, 11) is 1.27. The van der Waals surface area contributed by atoms with Crippen LogP contribution in [-0.4, -0.2) is 48.9 Å². The van der Waals surface area contributed by atoms with Gasteiger partial charge in [0.05, 0.1) is 26.9 Å². The van der Waals surface area contributed by atoms with E-state index in [0.29, 0.717) is 0 Å². The van der Waals surface area contributed by atoms with Gasteiger partial charge in [-0.15, -0.1) is 0 Å². The summed E-state index contributed by atoms with van der Waals surface area (Å²) < 4.78 is 29.2. The number of methoxy groups -OCH3 is 1. The number of benzene rings is 3. The first-order valence-corrected chi connectivity index (χ1v) is 11.5. The van der Waals surface area contributed by atoms with Gasteiger partial charge in [-0.25, -0.2) is 4.79 Å². The van der Waals surface area contributed by atoms with Crippen LogP contribution in [0.15, 0.2) is 91.0 Å². The van der Waals surface area contributed by atoms with Crippen LogP contribution in [0.4, 0.5) is 0 Å².